The van der Waals surface area contributed by atoms with E-state index in [-0.39, 0.29) is 0 Å². The van der Waals surface area contributed by atoms with Crippen LogP contribution < -0.4 is 20.7 Å². The van der Waals surface area contributed by atoms with Crippen molar-refractivity contribution in [2.24, 2.45) is 0 Å². The van der Waals surface area contributed by atoms with Crippen LogP contribution in [0.15, 0.2) is 122 Å². The van der Waals surface area contributed by atoms with Crippen LogP contribution in [0.25, 0.3) is 6.08 Å². The molecule has 0 bridgehead atoms. The smallest absolute Gasteiger partial charge is 0.119 e. The van der Waals surface area contributed by atoms with Gasteiger partial charge in [0.1, 0.15) is 28.9 Å². The van der Waals surface area contributed by atoms with Gasteiger partial charge in [0.05, 0.1) is 12.8 Å². The molecular weight excluding hydrogens is 407 g/mol. The topological polar surface area (TPSA) is 9.23 Å². The van der Waals surface area contributed by atoms with E-state index in [4.69, 9.17) is 4.74 Å². The molecule has 0 aliphatic rings. The highest BCUT2D eigenvalue weighted by atomic mass is 31.2. The zero-order valence-corrected chi connectivity index (χ0v) is 19.3. The lowest BCUT2D eigenvalue weighted by Crippen LogP contribution is -2.33. The SMILES string of the molecule is C=Cc1ccc(OCCCC[P+](c2ccccc2)(c2ccccc2)c2ccccc2)cc1. The van der Waals surface area contributed by atoms with Crippen molar-refractivity contribution in [3.05, 3.63) is 127 Å². The fraction of sp³-hybridized carbons (Fsp3) is 0.133. The van der Waals surface area contributed by atoms with Crippen LogP contribution in [-0.2, 0) is 0 Å². The lowest BCUT2D eigenvalue weighted by molar-refractivity contribution is 0.309. The van der Waals surface area contributed by atoms with Gasteiger partial charge < -0.3 is 4.74 Å². The molecule has 2 heteroatoms. The van der Waals surface area contributed by atoms with E-state index in [1.54, 1.807) is 0 Å². The van der Waals surface area contributed by atoms with Gasteiger partial charge in [0.2, 0.25) is 0 Å². The Balaban J connectivity index is 1.56. The predicted octanol–water partition coefficient (Wildman–Crippen LogP) is 6.48. The average molecular weight is 438 g/mol. The van der Waals surface area contributed by atoms with E-state index in [9.17, 15) is 0 Å². The first-order valence-corrected chi connectivity index (χ1v) is 13.2. The van der Waals surface area contributed by atoms with E-state index in [0.717, 1.165) is 36.9 Å². The summed E-state index contributed by atoms with van der Waals surface area (Å²) in [6.45, 7) is 4.54. The molecule has 0 amide bonds. The van der Waals surface area contributed by atoms with Gasteiger partial charge in [-0.25, -0.2) is 0 Å². The highest BCUT2D eigenvalue weighted by molar-refractivity contribution is 7.95. The molecule has 0 aliphatic carbocycles. The molecule has 0 aliphatic heterocycles. The number of hydrogen-bond acceptors (Lipinski definition) is 1. The van der Waals surface area contributed by atoms with Crippen LogP contribution in [0.1, 0.15) is 18.4 Å². The summed E-state index contributed by atoms with van der Waals surface area (Å²) < 4.78 is 6.02. The summed E-state index contributed by atoms with van der Waals surface area (Å²) in [7, 11) is -1.74. The molecule has 0 saturated carbocycles. The van der Waals surface area contributed by atoms with Crippen LogP contribution in [0, 0.1) is 0 Å². The van der Waals surface area contributed by atoms with Gasteiger partial charge >= 0.3 is 0 Å². The molecule has 0 heterocycles. The highest BCUT2D eigenvalue weighted by Crippen LogP contribution is 2.55. The van der Waals surface area contributed by atoms with Crippen molar-refractivity contribution >= 4 is 29.3 Å². The zero-order chi connectivity index (χ0) is 22.1. The van der Waals surface area contributed by atoms with Crippen LogP contribution in [0.3, 0.4) is 0 Å². The van der Waals surface area contributed by atoms with Crippen molar-refractivity contribution in [1.29, 1.82) is 0 Å². The molecule has 32 heavy (non-hydrogen) atoms. The third-order valence-corrected chi connectivity index (χ3v) is 10.4. The maximum absolute atomic E-state index is 6.02. The molecule has 0 atom stereocenters. The van der Waals surface area contributed by atoms with Gasteiger partial charge in [-0.1, -0.05) is 79.4 Å². The molecule has 0 N–H and O–H groups in total. The van der Waals surface area contributed by atoms with E-state index >= 15 is 0 Å². The van der Waals surface area contributed by atoms with Crippen LogP contribution in [0.5, 0.6) is 5.75 Å². The molecule has 1 nitrogen and oxygen atoms in total. The highest BCUT2D eigenvalue weighted by Gasteiger charge is 2.44. The Morgan fingerprint density at radius 3 is 1.50 bits per heavy atom. The second-order valence-corrected chi connectivity index (χ2v) is 11.5. The van der Waals surface area contributed by atoms with Crippen molar-refractivity contribution in [2.45, 2.75) is 12.8 Å². The van der Waals surface area contributed by atoms with E-state index in [2.05, 4.69) is 97.6 Å². The Hall–Kier alpha value is -3.15. The second kappa shape index (κ2) is 10.9. The van der Waals surface area contributed by atoms with Gasteiger partial charge in [-0.2, -0.15) is 0 Å². The van der Waals surface area contributed by atoms with E-state index in [0.29, 0.717) is 0 Å². The predicted molar refractivity (Wildman–Crippen MR) is 141 cm³/mol. The normalized spacial score (nSPS) is 11.1. The molecule has 0 saturated heterocycles. The monoisotopic (exact) mass is 437 g/mol. The Morgan fingerprint density at radius 2 is 1.06 bits per heavy atom. The fourth-order valence-corrected chi connectivity index (χ4v) is 8.63. The van der Waals surface area contributed by atoms with Crippen molar-refractivity contribution in [2.75, 3.05) is 12.8 Å². The van der Waals surface area contributed by atoms with Gasteiger partial charge in [0.25, 0.3) is 0 Å². The number of rotatable bonds is 10. The maximum atomic E-state index is 6.02. The molecule has 4 rings (SSSR count). The van der Waals surface area contributed by atoms with E-state index in [1.807, 2.05) is 30.3 Å². The first-order valence-electron chi connectivity index (χ1n) is 11.2. The minimum absolute atomic E-state index is 0.728. The lowest BCUT2D eigenvalue weighted by Gasteiger charge is -2.27. The molecule has 160 valence electrons. The Bertz CT molecular complexity index is 993. The van der Waals surface area contributed by atoms with Gasteiger partial charge in [-0.3, -0.25) is 0 Å². The van der Waals surface area contributed by atoms with Crippen LogP contribution in [0.2, 0.25) is 0 Å². The number of unbranched alkanes of at least 4 members (excludes halogenated alkanes) is 1. The summed E-state index contributed by atoms with van der Waals surface area (Å²) in [6, 6.07) is 41.4. The standard InChI is InChI=1S/C30H30OP/c1-2-26-20-22-27(23-21-26)31-24-12-13-25-32(28-14-6-3-7-15-28,29-16-8-4-9-17-29)30-18-10-5-11-19-30/h2-11,14-23H,1,12-13,24-25H2/q+1. The number of ether oxygens (including phenoxy) is 1. The molecule has 4 aromatic carbocycles. The number of hydrogen-bond donors (Lipinski definition) is 0. The molecule has 0 aromatic heterocycles. The van der Waals surface area contributed by atoms with E-state index < -0.39 is 7.26 Å². The van der Waals surface area contributed by atoms with Gasteiger partial charge in [-0.05, 0) is 66.9 Å². The van der Waals surface area contributed by atoms with Crippen molar-refractivity contribution < 1.29 is 4.74 Å². The van der Waals surface area contributed by atoms with Crippen LogP contribution in [-0.4, -0.2) is 12.8 Å². The Kier molecular flexibility index (Phi) is 7.54. The minimum atomic E-state index is -1.74. The van der Waals surface area contributed by atoms with Gasteiger partial charge in [0, 0.05) is 0 Å². The first kappa shape index (κ1) is 22.1. The van der Waals surface area contributed by atoms with Crippen molar-refractivity contribution in [3.8, 4) is 5.75 Å². The summed E-state index contributed by atoms with van der Waals surface area (Å²) in [4.78, 5) is 0. The molecule has 4 aromatic rings. The maximum Gasteiger partial charge on any atom is 0.119 e. The molecule has 0 spiro atoms. The summed E-state index contributed by atoms with van der Waals surface area (Å²) in [5.74, 6) is 0.922. The summed E-state index contributed by atoms with van der Waals surface area (Å²) in [6.07, 6.45) is 5.11. The zero-order valence-electron chi connectivity index (χ0n) is 18.4. The third kappa shape index (κ3) is 5.01. The largest absolute Gasteiger partial charge is 0.494 e. The van der Waals surface area contributed by atoms with Gasteiger partial charge in [-0.15, -0.1) is 0 Å². The summed E-state index contributed by atoms with van der Waals surface area (Å²) in [5, 5.41) is 4.33. The summed E-state index contributed by atoms with van der Waals surface area (Å²) >= 11 is 0. The molecule has 0 fully saturated rings. The Labute approximate surface area is 192 Å². The minimum Gasteiger partial charge on any atom is -0.494 e. The fourth-order valence-electron chi connectivity index (χ4n) is 4.22. The molecular formula is C30H30OP+. The van der Waals surface area contributed by atoms with Crippen LogP contribution in [0.4, 0.5) is 0 Å². The van der Waals surface area contributed by atoms with Gasteiger partial charge in [0.15, 0.2) is 0 Å². The second-order valence-electron chi connectivity index (χ2n) is 7.87. The lowest BCUT2D eigenvalue weighted by atomic mass is 10.2. The van der Waals surface area contributed by atoms with Crippen LogP contribution >= 0.6 is 7.26 Å². The Morgan fingerprint density at radius 1 is 0.594 bits per heavy atom. The first-order chi connectivity index (χ1) is 15.8. The van der Waals surface area contributed by atoms with Crippen molar-refractivity contribution in [1.82, 2.24) is 0 Å². The average Bonchev–Trinajstić information content (AvgIpc) is 2.88. The molecule has 0 radical (unpaired) electrons. The number of benzene rings is 4. The quantitative estimate of drug-likeness (QED) is 0.204. The summed E-state index contributed by atoms with van der Waals surface area (Å²) in [5.41, 5.74) is 1.11. The third-order valence-electron chi connectivity index (χ3n) is 5.86. The van der Waals surface area contributed by atoms with E-state index in [1.165, 1.54) is 15.9 Å². The molecule has 0 unspecified atom stereocenters. The van der Waals surface area contributed by atoms with Crippen molar-refractivity contribution in [3.63, 3.8) is 0 Å².